The fourth-order valence-electron chi connectivity index (χ4n) is 3.24. The van der Waals surface area contributed by atoms with E-state index >= 15 is 0 Å². The zero-order valence-corrected chi connectivity index (χ0v) is 15.5. The number of rotatable bonds is 2. The number of anilines is 2. The van der Waals surface area contributed by atoms with Gasteiger partial charge in [-0.3, -0.25) is 14.7 Å². The van der Waals surface area contributed by atoms with Gasteiger partial charge < -0.3 is 5.32 Å². The second kappa shape index (κ2) is 6.72. The molecule has 0 unspecified atom stereocenters. The topological polar surface area (TPSA) is 71.3 Å². The second-order valence-electron chi connectivity index (χ2n) is 6.76. The number of nitrogens with zero attached hydrogens (tertiary/aromatic N) is 3. The molecule has 27 heavy (non-hydrogen) atoms. The molecule has 0 aliphatic carbocycles. The van der Waals surface area contributed by atoms with Crippen LogP contribution in [-0.2, 0) is 0 Å². The molecule has 1 aromatic heterocycles. The third kappa shape index (κ3) is 3.33. The van der Waals surface area contributed by atoms with E-state index in [0.29, 0.717) is 17.6 Å². The quantitative estimate of drug-likeness (QED) is 0.733. The molecule has 6 heteroatoms. The van der Waals surface area contributed by atoms with Gasteiger partial charge in [-0.05, 0) is 38.0 Å². The minimum Gasteiger partial charge on any atom is -0.326 e. The molecule has 136 valence electrons. The Labute approximate surface area is 157 Å². The summed E-state index contributed by atoms with van der Waals surface area (Å²) in [5.41, 5.74) is 4.74. The summed E-state index contributed by atoms with van der Waals surface area (Å²) in [5, 5.41) is 6.50. The Bertz CT molecular complexity index is 1090. The van der Waals surface area contributed by atoms with Gasteiger partial charge in [0.1, 0.15) is 0 Å². The van der Waals surface area contributed by atoms with Crippen molar-refractivity contribution < 1.29 is 0 Å². The molecule has 1 aliphatic rings. The molecule has 2 N–H and O–H groups in total. The fourth-order valence-corrected chi connectivity index (χ4v) is 3.24. The smallest absolute Gasteiger partial charge is 0.257 e. The van der Waals surface area contributed by atoms with E-state index < -0.39 is 6.17 Å². The van der Waals surface area contributed by atoms with Crippen LogP contribution < -0.4 is 16.2 Å². The molecule has 0 amide bonds. The normalized spacial score (nSPS) is 15.5. The molecular weight excluding hydrogens is 338 g/mol. The van der Waals surface area contributed by atoms with Gasteiger partial charge in [-0.25, -0.2) is 9.98 Å². The third-order valence-electron chi connectivity index (χ3n) is 4.54. The molecule has 0 bridgehead atoms. The minimum absolute atomic E-state index is 0.131. The van der Waals surface area contributed by atoms with Crippen molar-refractivity contribution in [1.82, 2.24) is 9.55 Å². The summed E-state index contributed by atoms with van der Waals surface area (Å²) < 4.78 is 1.58. The van der Waals surface area contributed by atoms with Crippen molar-refractivity contribution in [3.05, 3.63) is 87.3 Å². The molecule has 0 fully saturated rings. The number of guanidine groups is 1. The fraction of sp³-hybridized carbons (Fsp3) is 0.190. The van der Waals surface area contributed by atoms with Crippen molar-refractivity contribution in [2.75, 3.05) is 10.6 Å². The molecule has 2 aromatic carbocycles. The maximum atomic E-state index is 12.6. The molecule has 0 radical (unpaired) electrons. The molecule has 4 rings (SSSR count). The first kappa shape index (κ1) is 17.0. The number of aryl methyl sites for hydroxylation is 3. The van der Waals surface area contributed by atoms with E-state index in [1.54, 1.807) is 4.57 Å². The summed E-state index contributed by atoms with van der Waals surface area (Å²) in [4.78, 5) is 21.9. The van der Waals surface area contributed by atoms with Crippen LogP contribution in [0.4, 0.5) is 11.6 Å². The summed E-state index contributed by atoms with van der Waals surface area (Å²) in [7, 11) is 0. The Morgan fingerprint density at radius 2 is 1.81 bits per heavy atom. The van der Waals surface area contributed by atoms with Crippen molar-refractivity contribution in [2.24, 2.45) is 4.99 Å². The molecule has 0 saturated carbocycles. The average Bonchev–Trinajstić information content (AvgIpc) is 2.63. The summed E-state index contributed by atoms with van der Waals surface area (Å²) >= 11 is 0. The lowest BCUT2D eigenvalue weighted by molar-refractivity contribution is 0.577. The Morgan fingerprint density at radius 1 is 1.04 bits per heavy atom. The highest BCUT2D eigenvalue weighted by molar-refractivity contribution is 6.04. The SMILES string of the molecule is Cc1ccc(NC2=N[C@@H](c3ccccc3)n3c(nc(C)cc3=O)N2)c(C)c1. The van der Waals surface area contributed by atoms with Crippen molar-refractivity contribution >= 4 is 17.6 Å². The number of hydrogen-bond donors (Lipinski definition) is 2. The highest BCUT2D eigenvalue weighted by Crippen LogP contribution is 2.26. The van der Waals surface area contributed by atoms with Gasteiger partial charge >= 0.3 is 0 Å². The maximum Gasteiger partial charge on any atom is 0.257 e. The Hall–Kier alpha value is -3.41. The lowest BCUT2D eigenvalue weighted by Crippen LogP contribution is -2.37. The van der Waals surface area contributed by atoms with Crippen LogP contribution in [0.15, 0.2) is 64.4 Å². The van der Waals surface area contributed by atoms with Gasteiger partial charge in [0.25, 0.3) is 5.56 Å². The van der Waals surface area contributed by atoms with Gasteiger partial charge in [0.15, 0.2) is 6.17 Å². The lowest BCUT2D eigenvalue weighted by atomic mass is 10.1. The van der Waals surface area contributed by atoms with Crippen molar-refractivity contribution in [3.8, 4) is 0 Å². The minimum atomic E-state index is -0.476. The summed E-state index contributed by atoms with van der Waals surface area (Å²) in [6, 6.07) is 17.5. The summed E-state index contributed by atoms with van der Waals surface area (Å²) in [6.07, 6.45) is -0.476. The van der Waals surface area contributed by atoms with E-state index in [-0.39, 0.29) is 5.56 Å². The number of aromatic nitrogens is 2. The molecule has 2 heterocycles. The zero-order chi connectivity index (χ0) is 19.0. The van der Waals surface area contributed by atoms with Crippen LogP contribution in [-0.4, -0.2) is 15.5 Å². The van der Waals surface area contributed by atoms with Gasteiger partial charge in [-0.15, -0.1) is 0 Å². The summed E-state index contributed by atoms with van der Waals surface area (Å²) in [6.45, 7) is 5.92. The number of nitrogens with one attached hydrogen (secondary N) is 2. The van der Waals surface area contributed by atoms with Crippen LogP contribution in [0.3, 0.4) is 0 Å². The molecule has 6 nitrogen and oxygen atoms in total. The Morgan fingerprint density at radius 3 is 2.56 bits per heavy atom. The van der Waals surface area contributed by atoms with Gasteiger partial charge in [-0.2, -0.15) is 0 Å². The van der Waals surface area contributed by atoms with Crippen LogP contribution >= 0.6 is 0 Å². The first-order valence-electron chi connectivity index (χ1n) is 8.85. The molecule has 1 atom stereocenters. The average molecular weight is 359 g/mol. The maximum absolute atomic E-state index is 12.6. The molecular formula is C21H21N5O. The zero-order valence-electron chi connectivity index (χ0n) is 15.5. The molecule has 3 aromatic rings. The van der Waals surface area contributed by atoms with E-state index in [1.807, 2.05) is 56.3 Å². The van der Waals surface area contributed by atoms with Gasteiger partial charge in [0.05, 0.1) is 0 Å². The van der Waals surface area contributed by atoms with E-state index in [2.05, 4.69) is 28.6 Å². The van der Waals surface area contributed by atoms with Crippen LogP contribution in [0.1, 0.15) is 28.6 Å². The van der Waals surface area contributed by atoms with Gasteiger partial charge in [0, 0.05) is 17.4 Å². The van der Waals surface area contributed by atoms with E-state index in [9.17, 15) is 4.79 Å². The van der Waals surface area contributed by atoms with Gasteiger partial charge in [0.2, 0.25) is 11.9 Å². The summed E-state index contributed by atoms with van der Waals surface area (Å²) in [5.74, 6) is 1.05. The van der Waals surface area contributed by atoms with E-state index in [1.165, 1.54) is 11.6 Å². The standard InChI is InChI=1S/C21H21N5O/c1-13-9-10-17(14(2)11-13)23-20-24-19(16-7-5-4-6-8-16)26-18(27)12-15(3)22-21(26)25-20/h4-12,19H,1-3H3,(H2,22,23,24,25)/t19-/m1/s1. The Kier molecular flexibility index (Phi) is 4.24. The lowest BCUT2D eigenvalue weighted by Gasteiger charge is -2.27. The van der Waals surface area contributed by atoms with Crippen LogP contribution in [0, 0.1) is 20.8 Å². The second-order valence-corrected chi connectivity index (χ2v) is 6.76. The van der Waals surface area contributed by atoms with Gasteiger partial charge in [-0.1, -0.05) is 48.0 Å². The van der Waals surface area contributed by atoms with Crippen LogP contribution in [0.2, 0.25) is 0 Å². The van der Waals surface area contributed by atoms with E-state index in [0.717, 1.165) is 16.8 Å². The Balaban J connectivity index is 1.79. The van der Waals surface area contributed by atoms with Crippen LogP contribution in [0.25, 0.3) is 0 Å². The highest BCUT2D eigenvalue weighted by atomic mass is 16.1. The monoisotopic (exact) mass is 359 g/mol. The largest absolute Gasteiger partial charge is 0.326 e. The predicted octanol–water partition coefficient (Wildman–Crippen LogP) is 3.61. The molecule has 1 aliphatic heterocycles. The van der Waals surface area contributed by atoms with Crippen LogP contribution in [0.5, 0.6) is 0 Å². The first-order valence-corrected chi connectivity index (χ1v) is 8.85. The van der Waals surface area contributed by atoms with E-state index in [4.69, 9.17) is 4.99 Å². The number of fused-ring (bicyclic) bond motifs is 1. The predicted molar refractivity (Wildman–Crippen MR) is 108 cm³/mol. The number of aliphatic imine (C=N–C) groups is 1. The molecule has 0 spiro atoms. The number of hydrogen-bond acceptors (Lipinski definition) is 5. The van der Waals surface area contributed by atoms with Crippen molar-refractivity contribution in [1.29, 1.82) is 0 Å². The van der Waals surface area contributed by atoms with Crippen molar-refractivity contribution in [2.45, 2.75) is 26.9 Å². The number of benzene rings is 2. The molecule has 0 saturated heterocycles. The third-order valence-corrected chi connectivity index (χ3v) is 4.54. The first-order chi connectivity index (χ1) is 13.0. The van der Waals surface area contributed by atoms with Crippen molar-refractivity contribution in [3.63, 3.8) is 0 Å². The highest BCUT2D eigenvalue weighted by Gasteiger charge is 2.25.